The van der Waals surface area contributed by atoms with Crippen LogP contribution < -0.4 is 16.4 Å². The van der Waals surface area contributed by atoms with E-state index in [4.69, 9.17) is 10.5 Å². The summed E-state index contributed by atoms with van der Waals surface area (Å²) in [5.74, 6) is -0.286. The third-order valence-corrected chi connectivity index (χ3v) is 7.08. The van der Waals surface area contributed by atoms with Gasteiger partial charge in [-0.05, 0) is 43.9 Å². The van der Waals surface area contributed by atoms with E-state index in [9.17, 15) is 19.3 Å². The summed E-state index contributed by atoms with van der Waals surface area (Å²) in [5, 5.41) is 17.3. The van der Waals surface area contributed by atoms with Gasteiger partial charge in [0.05, 0.1) is 22.4 Å². The van der Waals surface area contributed by atoms with Crippen molar-refractivity contribution in [3.8, 4) is 11.3 Å². The van der Waals surface area contributed by atoms with Crippen LogP contribution in [0.4, 0.5) is 32.2 Å². The molecule has 200 valence electrons. The number of halogens is 1. The van der Waals surface area contributed by atoms with Crippen molar-refractivity contribution in [2.24, 2.45) is 11.1 Å². The van der Waals surface area contributed by atoms with Crippen LogP contribution in [0.1, 0.15) is 46.5 Å². The van der Waals surface area contributed by atoms with E-state index in [0.717, 1.165) is 18.9 Å². The first-order chi connectivity index (χ1) is 18.0. The van der Waals surface area contributed by atoms with E-state index in [-0.39, 0.29) is 22.8 Å². The zero-order valence-electron chi connectivity index (χ0n) is 21.5. The van der Waals surface area contributed by atoms with Gasteiger partial charge < -0.3 is 21.1 Å². The number of nitro groups is 1. The zero-order chi connectivity index (χ0) is 27.5. The number of primary amides is 1. The molecule has 1 saturated carbocycles. The van der Waals surface area contributed by atoms with Gasteiger partial charge >= 0.3 is 6.09 Å². The third-order valence-electron chi connectivity index (χ3n) is 7.08. The molecule has 1 aromatic heterocycles. The van der Waals surface area contributed by atoms with Crippen LogP contribution in [0.25, 0.3) is 11.3 Å². The summed E-state index contributed by atoms with van der Waals surface area (Å²) in [4.78, 5) is 30.9. The Bertz CT molecular complexity index is 1340. The van der Waals surface area contributed by atoms with Crippen LogP contribution in [0.15, 0.2) is 54.7 Å². The van der Waals surface area contributed by atoms with Crippen molar-refractivity contribution in [3.05, 3.63) is 70.7 Å². The Balaban J connectivity index is 1.50. The number of ether oxygens (including phenoxy) is 1. The van der Waals surface area contributed by atoms with Crippen molar-refractivity contribution in [1.29, 1.82) is 0 Å². The van der Waals surface area contributed by atoms with Gasteiger partial charge in [-0.1, -0.05) is 39.0 Å². The van der Waals surface area contributed by atoms with Crippen molar-refractivity contribution < 1.29 is 18.8 Å². The maximum atomic E-state index is 14.5. The number of carbonyl (C=O) groups excluding carboxylic acids is 1. The number of para-hydroxylation sites is 1. The molecule has 3 aromatic rings. The maximum Gasteiger partial charge on any atom is 0.405 e. The summed E-state index contributed by atoms with van der Waals surface area (Å²) in [6, 6.07) is 12.6. The van der Waals surface area contributed by atoms with E-state index in [0.29, 0.717) is 35.7 Å². The van der Waals surface area contributed by atoms with Crippen molar-refractivity contribution in [2.75, 3.05) is 10.6 Å². The molecule has 0 unspecified atom stereocenters. The van der Waals surface area contributed by atoms with E-state index in [1.54, 1.807) is 24.4 Å². The molecule has 38 heavy (non-hydrogen) atoms. The molecule has 1 heterocycles. The summed E-state index contributed by atoms with van der Waals surface area (Å²) >= 11 is 0. The molecule has 0 radical (unpaired) electrons. The predicted molar refractivity (Wildman–Crippen MR) is 143 cm³/mol. The summed E-state index contributed by atoms with van der Waals surface area (Å²) in [6.07, 6.45) is 3.69. The average Bonchev–Trinajstić information content (AvgIpc) is 2.86. The van der Waals surface area contributed by atoms with Crippen molar-refractivity contribution in [1.82, 2.24) is 9.97 Å². The van der Waals surface area contributed by atoms with Gasteiger partial charge in [0.25, 0.3) is 5.69 Å². The first-order valence-electron chi connectivity index (χ1n) is 12.4. The van der Waals surface area contributed by atoms with Gasteiger partial charge in [-0.2, -0.15) is 0 Å². The first-order valence-corrected chi connectivity index (χ1v) is 12.4. The normalized spacial score (nSPS) is 19.4. The lowest BCUT2D eigenvalue weighted by Gasteiger charge is -2.47. The lowest BCUT2D eigenvalue weighted by molar-refractivity contribution is -0.385. The molecule has 0 aliphatic heterocycles. The molecule has 0 atom stereocenters. The number of anilines is 3. The maximum absolute atomic E-state index is 14.5. The zero-order valence-corrected chi connectivity index (χ0v) is 21.5. The van der Waals surface area contributed by atoms with Crippen LogP contribution in [0.5, 0.6) is 0 Å². The quantitative estimate of drug-likeness (QED) is 0.247. The Kier molecular flexibility index (Phi) is 7.47. The Morgan fingerprint density at radius 1 is 1.16 bits per heavy atom. The number of nitrogens with one attached hydrogen (secondary N) is 2. The minimum absolute atomic E-state index is 0.0831. The highest BCUT2D eigenvalue weighted by molar-refractivity contribution is 5.79. The number of carbonyl (C=O) groups is 1. The van der Waals surface area contributed by atoms with Crippen molar-refractivity contribution in [2.45, 2.75) is 58.1 Å². The molecule has 0 bridgehead atoms. The highest BCUT2D eigenvalue weighted by Gasteiger charge is 2.47. The Morgan fingerprint density at radius 2 is 1.87 bits per heavy atom. The number of nitro benzene ring substituents is 1. The highest BCUT2D eigenvalue weighted by atomic mass is 19.1. The first kappa shape index (κ1) is 26.8. The van der Waals surface area contributed by atoms with Crippen LogP contribution in [-0.4, -0.2) is 32.6 Å². The second kappa shape index (κ2) is 10.6. The van der Waals surface area contributed by atoms with Crippen LogP contribution >= 0.6 is 0 Å². The van der Waals surface area contributed by atoms with E-state index < -0.39 is 22.4 Å². The van der Waals surface area contributed by atoms with E-state index >= 15 is 0 Å². The number of nitrogens with two attached hydrogens (primary N) is 1. The van der Waals surface area contributed by atoms with Crippen LogP contribution in [0, 0.1) is 21.3 Å². The highest BCUT2D eigenvalue weighted by Crippen LogP contribution is 2.45. The van der Waals surface area contributed by atoms with Crippen LogP contribution in [0.2, 0.25) is 0 Å². The van der Waals surface area contributed by atoms with Gasteiger partial charge in [0, 0.05) is 35.0 Å². The number of rotatable bonds is 7. The molecule has 4 rings (SSSR count). The number of aromatic nitrogens is 2. The fourth-order valence-corrected chi connectivity index (χ4v) is 4.87. The van der Waals surface area contributed by atoms with Gasteiger partial charge in [0.1, 0.15) is 5.60 Å². The molecule has 1 aliphatic rings. The molecule has 1 amide bonds. The Morgan fingerprint density at radius 3 is 2.50 bits per heavy atom. The molecule has 10 nitrogen and oxygen atoms in total. The summed E-state index contributed by atoms with van der Waals surface area (Å²) in [7, 11) is 0. The summed E-state index contributed by atoms with van der Waals surface area (Å²) in [6.45, 7) is 6.14. The number of non-ortho nitro benzene ring substituents is 1. The Labute approximate surface area is 220 Å². The monoisotopic (exact) mass is 522 g/mol. The molecular weight excluding hydrogens is 491 g/mol. The molecular formula is C27H31FN6O4. The number of hydrogen-bond acceptors (Lipinski definition) is 8. The average molecular weight is 523 g/mol. The number of benzene rings is 2. The minimum Gasteiger partial charge on any atom is -0.443 e. The third kappa shape index (κ3) is 5.82. The predicted octanol–water partition coefficient (Wildman–Crippen LogP) is 6.17. The summed E-state index contributed by atoms with van der Waals surface area (Å²) < 4.78 is 20.1. The van der Waals surface area contributed by atoms with E-state index in [2.05, 4.69) is 20.6 Å². The molecule has 1 fully saturated rings. The molecule has 4 N–H and O–H groups in total. The SMILES string of the molecule is CC(C)(C)C1(OC(N)=O)CCC(Nc2nccc(-c3ccccc3Nc3ccc([N+](=O)[O-])cc3F)n2)CC1. The van der Waals surface area contributed by atoms with Crippen molar-refractivity contribution >= 4 is 29.1 Å². The van der Waals surface area contributed by atoms with Gasteiger partial charge in [0.15, 0.2) is 5.82 Å². The van der Waals surface area contributed by atoms with Crippen LogP contribution in [0.3, 0.4) is 0 Å². The number of hydrogen-bond donors (Lipinski definition) is 3. The molecule has 2 aromatic carbocycles. The van der Waals surface area contributed by atoms with Crippen LogP contribution in [-0.2, 0) is 4.74 Å². The lowest BCUT2D eigenvalue weighted by Crippen LogP contribution is -2.51. The molecule has 11 heteroatoms. The van der Waals surface area contributed by atoms with Gasteiger partial charge in [0.2, 0.25) is 5.95 Å². The van der Waals surface area contributed by atoms with Gasteiger partial charge in [-0.3, -0.25) is 10.1 Å². The second-order valence-corrected chi connectivity index (χ2v) is 10.4. The smallest absolute Gasteiger partial charge is 0.405 e. The Hall–Kier alpha value is -4.28. The standard InChI is InChI=1S/C27H31FN6O4/c1-26(2,3)27(38-24(29)35)13-10-17(11-14-27)31-25-30-15-12-22(33-25)19-6-4-5-7-21(19)32-23-9-8-18(34(36)37)16-20(23)28/h4-9,12,15-17,32H,10-11,13-14H2,1-3H3,(H2,29,35)(H,30,31,33). The topological polar surface area (TPSA) is 145 Å². The van der Waals surface area contributed by atoms with E-state index in [1.807, 2.05) is 32.9 Å². The molecule has 0 spiro atoms. The number of nitrogens with zero attached hydrogens (tertiary/aromatic N) is 3. The van der Waals surface area contributed by atoms with Gasteiger partial charge in [-0.15, -0.1) is 0 Å². The van der Waals surface area contributed by atoms with Crippen molar-refractivity contribution in [3.63, 3.8) is 0 Å². The largest absolute Gasteiger partial charge is 0.443 e. The summed E-state index contributed by atoms with van der Waals surface area (Å²) in [5.41, 5.74) is 6.18. The minimum atomic E-state index is -0.761. The molecule has 0 saturated heterocycles. The number of amides is 1. The molecule has 1 aliphatic carbocycles. The fraction of sp³-hybridized carbons (Fsp3) is 0.370. The fourth-order valence-electron chi connectivity index (χ4n) is 4.87. The van der Waals surface area contributed by atoms with Gasteiger partial charge in [-0.25, -0.2) is 19.2 Å². The van der Waals surface area contributed by atoms with E-state index in [1.165, 1.54) is 12.1 Å². The lowest BCUT2D eigenvalue weighted by atomic mass is 9.67. The second-order valence-electron chi connectivity index (χ2n) is 10.4.